The van der Waals surface area contributed by atoms with Crippen LogP contribution in [0.2, 0.25) is 5.02 Å². The molecule has 1 N–H and O–H groups in total. The monoisotopic (exact) mass is 365 g/mol. The highest BCUT2D eigenvalue weighted by atomic mass is 35.5. The normalized spacial score (nSPS) is 11.0. The van der Waals surface area contributed by atoms with Crippen LogP contribution in [0.3, 0.4) is 0 Å². The number of benzene rings is 1. The average Bonchev–Trinajstić information content (AvgIpc) is 2.95. The van der Waals surface area contributed by atoms with Crippen LogP contribution in [0.1, 0.15) is 23.0 Å². The van der Waals surface area contributed by atoms with Gasteiger partial charge in [0.15, 0.2) is 5.65 Å². The third kappa shape index (κ3) is 2.90. The summed E-state index contributed by atoms with van der Waals surface area (Å²) in [7, 11) is 0. The van der Waals surface area contributed by atoms with Gasteiger partial charge in [0.2, 0.25) is 0 Å². The number of aromatic nitrogens is 3. The lowest BCUT2D eigenvalue weighted by molar-refractivity contribution is 0.0529. The van der Waals surface area contributed by atoms with E-state index in [0.29, 0.717) is 22.0 Å². The second kappa shape index (κ2) is 6.67. The van der Waals surface area contributed by atoms with Gasteiger partial charge in [-0.2, -0.15) is 0 Å². The van der Waals surface area contributed by atoms with Gasteiger partial charge in [0.05, 0.1) is 23.9 Å². The molecule has 0 unspecified atom stereocenters. The SMILES string of the molecule is CCOC(=O)c1c(-c2ccc(Cl)cc2)[nH]n2c(=O)cc(CCl)nc12. The van der Waals surface area contributed by atoms with E-state index < -0.39 is 5.97 Å². The van der Waals surface area contributed by atoms with E-state index in [-0.39, 0.29) is 29.3 Å². The summed E-state index contributed by atoms with van der Waals surface area (Å²) in [5, 5.41) is 3.48. The van der Waals surface area contributed by atoms with Crippen LogP contribution >= 0.6 is 23.2 Å². The van der Waals surface area contributed by atoms with Crippen LogP contribution in [0.5, 0.6) is 0 Å². The van der Waals surface area contributed by atoms with E-state index in [0.717, 1.165) is 0 Å². The Hall–Kier alpha value is -2.31. The topological polar surface area (TPSA) is 76.5 Å². The number of carbonyl (C=O) groups excluding carboxylic acids is 1. The molecule has 124 valence electrons. The Labute approximate surface area is 147 Å². The fourth-order valence-corrected chi connectivity index (χ4v) is 2.64. The highest BCUT2D eigenvalue weighted by Gasteiger charge is 2.23. The number of alkyl halides is 1. The van der Waals surface area contributed by atoms with Crippen molar-refractivity contribution >= 4 is 34.8 Å². The summed E-state index contributed by atoms with van der Waals surface area (Å²) in [4.78, 5) is 29.0. The number of hydrogen-bond donors (Lipinski definition) is 1. The Morgan fingerprint density at radius 1 is 1.33 bits per heavy atom. The maximum Gasteiger partial charge on any atom is 0.344 e. The maximum absolute atomic E-state index is 12.4. The zero-order valence-corrected chi connectivity index (χ0v) is 14.2. The largest absolute Gasteiger partial charge is 0.462 e. The minimum atomic E-state index is -0.570. The van der Waals surface area contributed by atoms with E-state index in [2.05, 4.69) is 10.1 Å². The van der Waals surface area contributed by atoms with Crippen molar-refractivity contribution < 1.29 is 9.53 Å². The number of ether oxygens (including phenoxy) is 1. The molecule has 0 spiro atoms. The maximum atomic E-state index is 12.4. The van der Waals surface area contributed by atoms with Crippen LogP contribution < -0.4 is 5.56 Å². The number of H-pyrrole nitrogens is 1. The van der Waals surface area contributed by atoms with Crippen LogP contribution in [-0.4, -0.2) is 27.2 Å². The predicted octanol–water partition coefficient (Wildman–Crippen LogP) is 3.26. The first-order valence-corrected chi connectivity index (χ1v) is 8.10. The summed E-state index contributed by atoms with van der Waals surface area (Å²) in [5.74, 6) is -0.505. The molecule has 0 atom stereocenters. The van der Waals surface area contributed by atoms with Crippen LogP contribution in [0, 0.1) is 0 Å². The summed E-state index contributed by atoms with van der Waals surface area (Å²) in [5.41, 5.74) is 1.50. The summed E-state index contributed by atoms with van der Waals surface area (Å²) in [6.45, 7) is 1.91. The lowest BCUT2D eigenvalue weighted by atomic mass is 10.1. The quantitative estimate of drug-likeness (QED) is 0.568. The number of nitrogens with one attached hydrogen (secondary N) is 1. The zero-order valence-electron chi connectivity index (χ0n) is 12.7. The molecule has 3 aromatic rings. The smallest absolute Gasteiger partial charge is 0.344 e. The van der Waals surface area contributed by atoms with Gasteiger partial charge in [-0.3, -0.25) is 9.89 Å². The molecule has 2 aromatic heterocycles. The third-order valence-electron chi connectivity index (χ3n) is 3.42. The van der Waals surface area contributed by atoms with E-state index in [9.17, 15) is 9.59 Å². The van der Waals surface area contributed by atoms with E-state index in [4.69, 9.17) is 27.9 Å². The van der Waals surface area contributed by atoms with Crippen molar-refractivity contribution in [1.82, 2.24) is 14.6 Å². The van der Waals surface area contributed by atoms with Crippen molar-refractivity contribution in [1.29, 1.82) is 0 Å². The van der Waals surface area contributed by atoms with E-state index in [1.165, 1.54) is 10.6 Å². The number of hydrogen-bond acceptors (Lipinski definition) is 4. The first-order valence-electron chi connectivity index (χ1n) is 7.18. The van der Waals surface area contributed by atoms with Crippen molar-refractivity contribution in [2.45, 2.75) is 12.8 Å². The number of fused-ring (bicyclic) bond motifs is 1. The average molecular weight is 366 g/mol. The van der Waals surface area contributed by atoms with E-state index >= 15 is 0 Å². The predicted molar refractivity (Wildman–Crippen MR) is 91.8 cm³/mol. The Bertz CT molecular complexity index is 961. The second-order valence-electron chi connectivity index (χ2n) is 4.97. The molecular formula is C16H13Cl2N3O3. The van der Waals surface area contributed by atoms with Crippen molar-refractivity contribution in [3.05, 3.63) is 57.0 Å². The van der Waals surface area contributed by atoms with Crippen molar-refractivity contribution in [2.24, 2.45) is 0 Å². The van der Waals surface area contributed by atoms with Crippen LogP contribution in [-0.2, 0) is 10.6 Å². The highest BCUT2D eigenvalue weighted by molar-refractivity contribution is 6.30. The summed E-state index contributed by atoms with van der Waals surface area (Å²) < 4.78 is 6.32. The molecule has 1 aromatic carbocycles. The number of aromatic amines is 1. The first kappa shape index (κ1) is 16.5. The van der Waals surface area contributed by atoms with Gasteiger partial charge in [-0.25, -0.2) is 14.3 Å². The van der Waals surface area contributed by atoms with Gasteiger partial charge < -0.3 is 4.74 Å². The molecule has 0 aliphatic rings. The molecule has 0 saturated heterocycles. The third-order valence-corrected chi connectivity index (χ3v) is 3.94. The summed E-state index contributed by atoms with van der Waals surface area (Å²) in [6, 6.07) is 8.18. The van der Waals surface area contributed by atoms with Gasteiger partial charge in [0.25, 0.3) is 5.56 Å². The van der Waals surface area contributed by atoms with Crippen LogP contribution in [0.15, 0.2) is 35.1 Å². The molecule has 0 bridgehead atoms. The lowest BCUT2D eigenvalue weighted by Crippen LogP contribution is -2.16. The van der Waals surface area contributed by atoms with Gasteiger partial charge in [-0.15, -0.1) is 11.6 Å². The molecule has 3 rings (SSSR count). The van der Waals surface area contributed by atoms with Crippen molar-refractivity contribution in [3.63, 3.8) is 0 Å². The standard InChI is InChI=1S/C16H13Cl2N3O3/c1-2-24-16(23)13-14(9-3-5-10(18)6-4-9)20-21-12(22)7-11(8-17)19-15(13)21/h3-7,20H,2,8H2,1H3. The Kier molecular flexibility index (Phi) is 4.59. The fourth-order valence-electron chi connectivity index (χ4n) is 2.38. The molecule has 0 saturated carbocycles. The molecule has 0 aliphatic heterocycles. The molecule has 0 aliphatic carbocycles. The van der Waals surface area contributed by atoms with Crippen LogP contribution in [0.25, 0.3) is 16.9 Å². The molecule has 0 amide bonds. The molecule has 0 fully saturated rings. The minimum absolute atomic E-state index is 0.0649. The fraction of sp³-hybridized carbons (Fsp3) is 0.188. The number of esters is 1. The first-order chi connectivity index (χ1) is 11.5. The molecule has 0 radical (unpaired) electrons. The number of halogens is 2. The van der Waals surface area contributed by atoms with Gasteiger partial charge in [-0.1, -0.05) is 23.7 Å². The van der Waals surface area contributed by atoms with Crippen LogP contribution in [0.4, 0.5) is 0 Å². The van der Waals surface area contributed by atoms with Crippen molar-refractivity contribution in [3.8, 4) is 11.3 Å². The molecular weight excluding hydrogens is 353 g/mol. The Morgan fingerprint density at radius 2 is 2.04 bits per heavy atom. The summed E-state index contributed by atoms with van der Waals surface area (Å²) >= 11 is 11.7. The zero-order chi connectivity index (χ0) is 17.3. The van der Waals surface area contributed by atoms with Crippen molar-refractivity contribution in [2.75, 3.05) is 6.61 Å². The molecule has 24 heavy (non-hydrogen) atoms. The molecule has 8 heteroatoms. The minimum Gasteiger partial charge on any atom is -0.462 e. The summed E-state index contributed by atoms with van der Waals surface area (Å²) in [6.07, 6.45) is 0. The molecule has 2 heterocycles. The highest BCUT2D eigenvalue weighted by Crippen LogP contribution is 2.27. The van der Waals surface area contributed by atoms with Gasteiger partial charge in [0, 0.05) is 16.7 Å². The Balaban J connectivity index is 2.33. The van der Waals surface area contributed by atoms with Gasteiger partial charge in [-0.05, 0) is 19.1 Å². The van der Waals surface area contributed by atoms with E-state index in [1.807, 2.05) is 0 Å². The second-order valence-corrected chi connectivity index (χ2v) is 5.67. The molecule has 6 nitrogen and oxygen atoms in total. The van der Waals surface area contributed by atoms with Gasteiger partial charge in [0.1, 0.15) is 5.56 Å². The van der Waals surface area contributed by atoms with Gasteiger partial charge >= 0.3 is 5.97 Å². The number of nitrogens with zero attached hydrogens (tertiary/aromatic N) is 2. The lowest BCUT2D eigenvalue weighted by Gasteiger charge is -2.04. The van der Waals surface area contributed by atoms with E-state index in [1.54, 1.807) is 31.2 Å². The Morgan fingerprint density at radius 3 is 2.67 bits per heavy atom. The number of carbonyl (C=O) groups is 1. The number of rotatable bonds is 4.